The van der Waals surface area contributed by atoms with Crippen LogP contribution >= 0.6 is 0 Å². The molecule has 0 bridgehead atoms. The Hall–Kier alpha value is -3.51. The number of halogens is 2. The Morgan fingerprint density at radius 2 is 1.94 bits per heavy atom. The number of anilines is 1. The Balaban J connectivity index is 1.45. The average Bonchev–Trinajstić information content (AvgIpc) is 3.38. The van der Waals surface area contributed by atoms with Gasteiger partial charge in [-0.2, -0.15) is 14.0 Å². The summed E-state index contributed by atoms with van der Waals surface area (Å²) in [6, 6.07) is 12.2. The summed E-state index contributed by atoms with van der Waals surface area (Å²) in [6.07, 6.45) is 2.73. The zero-order valence-electron chi connectivity index (χ0n) is 17.0. The molecule has 158 valence electrons. The lowest BCUT2D eigenvalue weighted by Crippen LogP contribution is -2.46. The van der Waals surface area contributed by atoms with Crippen LogP contribution in [0.3, 0.4) is 0 Å². The molecule has 9 heteroatoms. The highest BCUT2D eigenvalue weighted by atomic mass is 19.3. The van der Waals surface area contributed by atoms with Crippen LogP contribution in [-0.2, 0) is 6.54 Å². The van der Waals surface area contributed by atoms with E-state index in [1.807, 2.05) is 37.3 Å². The van der Waals surface area contributed by atoms with Gasteiger partial charge in [-0.3, -0.25) is 13.9 Å². The Labute approximate surface area is 177 Å². The van der Waals surface area contributed by atoms with Gasteiger partial charge in [-0.15, -0.1) is 0 Å². The first-order valence-corrected chi connectivity index (χ1v) is 10.1. The number of nitrogens with zero attached hydrogens (tertiary/aromatic N) is 7. The summed E-state index contributed by atoms with van der Waals surface area (Å²) in [7, 11) is 0. The molecule has 0 N–H and O–H groups in total. The zero-order valence-corrected chi connectivity index (χ0v) is 17.0. The van der Waals surface area contributed by atoms with Crippen molar-refractivity contribution in [2.75, 3.05) is 31.1 Å². The number of benzene rings is 1. The van der Waals surface area contributed by atoms with E-state index in [1.165, 1.54) is 12.4 Å². The molecule has 31 heavy (non-hydrogen) atoms. The molecular weight excluding hydrogens is 400 g/mol. The molecule has 0 unspecified atom stereocenters. The number of alkyl halides is 2. The third kappa shape index (κ3) is 3.29. The van der Waals surface area contributed by atoms with Gasteiger partial charge >= 0.3 is 6.55 Å². The number of aryl methyl sites for hydroxylation is 1. The fourth-order valence-corrected chi connectivity index (χ4v) is 4.28. The highest BCUT2D eigenvalue weighted by molar-refractivity contribution is 5.85. The number of rotatable bonds is 4. The fourth-order valence-electron chi connectivity index (χ4n) is 4.28. The number of piperazine rings is 1. The summed E-state index contributed by atoms with van der Waals surface area (Å²) in [5.41, 5.74) is 3.95. The molecule has 3 aromatic heterocycles. The molecule has 1 aromatic carbocycles. The zero-order chi connectivity index (χ0) is 21.5. The Morgan fingerprint density at radius 3 is 2.68 bits per heavy atom. The second kappa shape index (κ2) is 7.63. The molecule has 1 aliphatic rings. The molecule has 0 amide bonds. The molecule has 0 radical (unpaired) electrons. The van der Waals surface area contributed by atoms with Gasteiger partial charge in [0.25, 0.3) is 0 Å². The van der Waals surface area contributed by atoms with Gasteiger partial charge in [0.05, 0.1) is 23.1 Å². The molecule has 4 heterocycles. The van der Waals surface area contributed by atoms with Crippen LogP contribution in [-0.4, -0.2) is 50.0 Å². The van der Waals surface area contributed by atoms with Crippen LogP contribution in [0.5, 0.6) is 0 Å². The Kier molecular flexibility index (Phi) is 4.79. The van der Waals surface area contributed by atoms with Crippen molar-refractivity contribution in [2.45, 2.75) is 20.0 Å². The number of fused-ring (bicyclic) bond motifs is 3. The molecule has 7 nitrogen and oxygen atoms in total. The van der Waals surface area contributed by atoms with Gasteiger partial charge in [0.1, 0.15) is 17.7 Å². The van der Waals surface area contributed by atoms with Crippen molar-refractivity contribution in [3.05, 3.63) is 59.7 Å². The number of pyridine rings is 1. The van der Waals surface area contributed by atoms with E-state index in [9.17, 15) is 14.0 Å². The number of hydrogen-bond donors (Lipinski definition) is 0. The standard InChI is InChI=1S/C22H21F2N7/c1-15-12-20(31-18-5-3-2-4-17(18)27-21(31)16(15)13-25)29-10-8-28(9-11-29)14-19-26-6-7-30(19)22(23)24/h2-7,12,22H,8-11,14H2,1H3. The van der Waals surface area contributed by atoms with Crippen LogP contribution in [0.25, 0.3) is 16.7 Å². The van der Waals surface area contributed by atoms with E-state index < -0.39 is 6.55 Å². The largest absolute Gasteiger partial charge is 0.355 e. The van der Waals surface area contributed by atoms with Crippen LogP contribution < -0.4 is 4.90 Å². The van der Waals surface area contributed by atoms with E-state index >= 15 is 0 Å². The second-order valence-corrected chi connectivity index (χ2v) is 7.72. The molecule has 4 aromatic rings. The van der Waals surface area contributed by atoms with Crippen LogP contribution in [0, 0.1) is 18.3 Å². The monoisotopic (exact) mass is 421 g/mol. The van der Waals surface area contributed by atoms with Crippen molar-refractivity contribution in [3.63, 3.8) is 0 Å². The summed E-state index contributed by atoms with van der Waals surface area (Å²) >= 11 is 0. The topological polar surface area (TPSA) is 65.4 Å². The second-order valence-electron chi connectivity index (χ2n) is 7.72. The number of hydrogen-bond acceptors (Lipinski definition) is 5. The minimum Gasteiger partial charge on any atom is -0.355 e. The van der Waals surface area contributed by atoms with E-state index in [-0.39, 0.29) is 0 Å². The molecule has 0 aliphatic carbocycles. The van der Waals surface area contributed by atoms with E-state index in [4.69, 9.17) is 4.98 Å². The molecular formula is C22H21F2N7. The lowest BCUT2D eigenvalue weighted by molar-refractivity contribution is 0.0636. The van der Waals surface area contributed by atoms with Crippen molar-refractivity contribution in [1.29, 1.82) is 5.26 Å². The van der Waals surface area contributed by atoms with Gasteiger partial charge in [-0.25, -0.2) is 9.97 Å². The van der Waals surface area contributed by atoms with E-state index in [1.54, 1.807) is 0 Å². The van der Waals surface area contributed by atoms with Crippen LogP contribution in [0.2, 0.25) is 0 Å². The first-order valence-electron chi connectivity index (χ1n) is 10.1. The maximum absolute atomic E-state index is 13.1. The predicted molar refractivity (Wildman–Crippen MR) is 113 cm³/mol. The van der Waals surface area contributed by atoms with Gasteiger partial charge in [0.2, 0.25) is 0 Å². The molecule has 1 saturated heterocycles. The van der Waals surface area contributed by atoms with Crippen LogP contribution in [0.1, 0.15) is 23.5 Å². The number of imidazole rings is 2. The van der Waals surface area contributed by atoms with Crippen LogP contribution in [0.4, 0.5) is 14.6 Å². The van der Waals surface area contributed by atoms with Gasteiger partial charge in [0, 0.05) is 38.6 Å². The maximum atomic E-state index is 13.1. The van der Waals surface area contributed by atoms with Crippen molar-refractivity contribution in [1.82, 2.24) is 23.8 Å². The van der Waals surface area contributed by atoms with Gasteiger partial charge < -0.3 is 4.90 Å². The van der Waals surface area contributed by atoms with Gasteiger partial charge in [-0.05, 0) is 30.7 Å². The minimum atomic E-state index is -2.58. The van der Waals surface area contributed by atoms with E-state index in [0.29, 0.717) is 23.6 Å². The first-order chi connectivity index (χ1) is 15.1. The number of para-hydroxylation sites is 2. The smallest absolute Gasteiger partial charge is 0.319 e. The number of aromatic nitrogens is 4. The molecule has 1 aliphatic heterocycles. The van der Waals surface area contributed by atoms with Crippen molar-refractivity contribution < 1.29 is 8.78 Å². The Bertz CT molecular complexity index is 1290. The molecule has 0 saturated carbocycles. The minimum absolute atomic E-state index is 0.376. The van der Waals surface area contributed by atoms with Crippen LogP contribution in [0.15, 0.2) is 42.7 Å². The fraction of sp³-hybridized carbons (Fsp3) is 0.318. The van der Waals surface area contributed by atoms with E-state index in [2.05, 4.69) is 25.3 Å². The number of nitriles is 1. The lowest BCUT2D eigenvalue weighted by atomic mass is 10.1. The highest BCUT2D eigenvalue weighted by Gasteiger charge is 2.24. The SMILES string of the molecule is Cc1cc(N2CCN(Cc3nccn3C(F)F)CC2)n2c(nc3ccccc32)c1C#N. The summed E-state index contributed by atoms with van der Waals surface area (Å²) in [5.74, 6) is 1.37. The van der Waals surface area contributed by atoms with Gasteiger partial charge in [0.15, 0.2) is 5.65 Å². The third-order valence-corrected chi connectivity index (χ3v) is 5.89. The maximum Gasteiger partial charge on any atom is 0.319 e. The predicted octanol–water partition coefficient (Wildman–Crippen LogP) is 3.58. The molecule has 5 rings (SSSR count). The normalized spacial score (nSPS) is 15.3. The molecule has 0 atom stereocenters. The summed E-state index contributed by atoms with van der Waals surface area (Å²) < 4.78 is 29.2. The van der Waals surface area contributed by atoms with Crippen molar-refractivity contribution in [2.24, 2.45) is 0 Å². The quantitative estimate of drug-likeness (QED) is 0.504. The Morgan fingerprint density at radius 1 is 1.16 bits per heavy atom. The summed E-state index contributed by atoms with van der Waals surface area (Å²) in [4.78, 5) is 13.2. The highest BCUT2D eigenvalue weighted by Crippen LogP contribution is 2.29. The van der Waals surface area contributed by atoms with Gasteiger partial charge in [-0.1, -0.05) is 12.1 Å². The average molecular weight is 421 g/mol. The van der Waals surface area contributed by atoms with E-state index in [0.717, 1.165) is 53.2 Å². The third-order valence-electron chi connectivity index (χ3n) is 5.89. The molecule has 0 spiro atoms. The summed E-state index contributed by atoms with van der Waals surface area (Å²) in [6.45, 7) is 2.67. The lowest BCUT2D eigenvalue weighted by Gasteiger charge is -2.36. The first kappa shape index (κ1) is 19.5. The van der Waals surface area contributed by atoms with Crippen molar-refractivity contribution >= 4 is 22.5 Å². The van der Waals surface area contributed by atoms with Crippen molar-refractivity contribution in [3.8, 4) is 6.07 Å². The summed E-state index contributed by atoms with van der Waals surface area (Å²) in [5, 5.41) is 9.68. The molecule has 1 fully saturated rings.